The van der Waals surface area contributed by atoms with E-state index in [9.17, 15) is 0 Å². The van der Waals surface area contributed by atoms with Gasteiger partial charge in [0.1, 0.15) is 0 Å². The van der Waals surface area contributed by atoms with Gasteiger partial charge in [-0.25, -0.2) is 4.68 Å². The Labute approximate surface area is 71.9 Å². The lowest BCUT2D eigenvalue weighted by molar-refractivity contribution is 0.649. The van der Waals surface area contributed by atoms with E-state index < -0.39 is 0 Å². The average Bonchev–Trinajstić information content (AvgIpc) is 2.76. The lowest BCUT2D eigenvalue weighted by atomic mass is 10.0. The quantitative estimate of drug-likeness (QED) is 0.721. The monoisotopic (exact) mass is 163 g/mol. The van der Waals surface area contributed by atoms with Gasteiger partial charge in [-0.15, -0.1) is 0 Å². The molecule has 1 aromatic rings. The normalized spacial score (nSPS) is 19.1. The third-order valence-electron chi connectivity index (χ3n) is 2.63. The molecule has 0 radical (unpaired) electrons. The molecule has 12 heavy (non-hydrogen) atoms. The Kier molecular flexibility index (Phi) is 1.54. The molecule has 3 nitrogen and oxygen atoms in total. The van der Waals surface area contributed by atoms with Crippen molar-refractivity contribution >= 4 is 6.20 Å². The molecule has 0 saturated heterocycles. The van der Waals surface area contributed by atoms with Gasteiger partial charge in [-0.05, 0) is 18.9 Å². The molecule has 0 amide bonds. The zero-order chi connectivity index (χ0) is 8.60. The second kappa shape index (κ2) is 2.45. The standard InChI is InChI=1S/C9H13N3/c1-2-12-8(3-6-11-12)9(7-10)4-5-9/h2-3,6H,1,4-5,7,10H2. The fourth-order valence-electron chi connectivity index (χ4n) is 1.60. The van der Waals surface area contributed by atoms with Crippen LogP contribution in [0.15, 0.2) is 18.8 Å². The molecule has 0 aromatic carbocycles. The van der Waals surface area contributed by atoms with E-state index in [2.05, 4.69) is 11.7 Å². The summed E-state index contributed by atoms with van der Waals surface area (Å²) in [5.41, 5.74) is 7.13. The minimum Gasteiger partial charge on any atom is -0.330 e. The third-order valence-corrected chi connectivity index (χ3v) is 2.63. The van der Waals surface area contributed by atoms with Crippen LogP contribution in [0, 0.1) is 0 Å². The summed E-state index contributed by atoms with van der Waals surface area (Å²) >= 11 is 0. The molecule has 1 aliphatic rings. The van der Waals surface area contributed by atoms with Crippen LogP contribution in [0.2, 0.25) is 0 Å². The van der Waals surface area contributed by atoms with Crippen LogP contribution in [0.1, 0.15) is 18.5 Å². The lowest BCUT2D eigenvalue weighted by Gasteiger charge is -2.11. The molecule has 64 valence electrons. The number of rotatable bonds is 3. The topological polar surface area (TPSA) is 43.8 Å². The van der Waals surface area contributed by atoms with Gasteiger partial charge < -0.3 is 5.73 Å². The first kappa shape index (κ1) is 7.55. The highest BCUT2D eigenvalue weighted by atomic mass is 15.3. The van der Waals surface area contributed by atoms with Crippen molar-refractivity contribution in [2.45, 2.75) is 18.3 Å². The molecule has 1 saturated carbocycles. The highest BCUT2D eigenvalue weighted by Crippen LogP contribution is 2.46. The second-order valence-corrected chi connectivity index (χ2v) is 3.33. The van der Waals surface area contributed by atoms with Crippen molar-refractivity contribution in [2.75, 3.05) is 6.54 Å². The van der Waals surface area contributed by atoms with Crippen molar-refractivity contribution in [2.24, 2.45) is 5.73 Å². The van der Waals surface area contributed by atoms with Crippen molar-refractivity contribution in [3.8, 4) is 0 Å². The molecule has 2 N–H and O–H groups in total. The fourth-order valence-corrected chi connectivity index (χ4v) is 1.60. The fraction of sp³-hybridized carbons (Fsp3) is 0.444. The molecule has 0 bridgehead atoms. The van der Waals surface area contributed by atoms with E-state index in [1.807, 2.05) is 10.7 Å². The van der Waals surface area contributed by atoms with E-state index in [1.54, 1.807) is 12.4 Å². The van der Waals surface area contributed by atoms with Gasteiger partial charge in [0, 0.05) is 24.4 Å². The maximum absolute atomic E-state index is 5.71. The largest absolute Gasteiger partial charge is 0.330 e. The van der Waals surface area contributed by atoms with Crippen LogP contribution >= 0.6 is 0 Å². The molecule has 3 heteroatoms. The van der Waals surface area contributed by atoms with Crippen molar-refractivity contribution in [1.29, 1.82) is 0 Å². The molecule has 0 spiro atoms. The first-order valence-electron chi connectivity index (χ1n) is 4.19. The molecular weight excluding hydrogens is 150 g/mol. The molecular formula is C9H13N3. The van der Waals surface area contributed by atoms with Gasteiger partial charge in [0.15, 0.2) is 0 Å². The Balaban J connectivity index is 2.38. The summed E-state index contributed by atoms with van der Waals surface area (Å²) in [6.45, 7) is 4.41. The minimum absolute atomic E-state index is 0.213. The number of hydrogen-bond acceptors (Lipinski definition) is 2. The second-order valence-electron chi connectivity index (χ2n) is 3.33. The van der Waals surface area contributed by atoms with E-state index in [1.165, 1.54) is 18.5 Å². The summed E-state index contributed by atoms with van der Waals surface area (Å²) in [7, 11) is 0. The molecule has 0 unspecified atom stereocenters. The van der Waals surface area contributed by atoms with Crippen molar-refractivity contribution in [3.63, 3.8) is 0 Å². The van der Waals surface area contributed by atoms with E-state index in [4.69, 9.17) is 5.73 Å². The van der Waals surface area contributed by atoms with E-state index in [0.717, 1.165) is 0 Å². The summed E-state index contributed by atoms with van der Waals surface area (Å²) in [5.74, 6) is 0. The highest BCUT2D eigenvalue weighted by Gasteiger charge is 2.45. The maximum Gasteiger partial charge on any atom is 0.0509 e. The van der Waals surface area contributed by atoms with Crippen LogP contribution in [-0.2, 0) is 5.41 Å². The third kappa shape index (κ3) is 0.898. The summed E-state index contributed by atoms with van der Waals surface area (Å²) in [4.78, 5) is 0. The molecule has 1 heterocycles. The van der Waals surface area contributed by atoms with Crippen LogP contribution in [0.3, 0.4) is 0 Å². The Morgan fingerprint density at radius 3 is 3.00 bits per heavy atom. The van der Waals surface area contributed by atoms with E-state index in [0.29, 0.717) is 6.54 Å². The zero-order valence-electron chi connectivity index (χ0n) is 7.03. The zero-order valence-corrected chi connectivity index (χ0v) is 7.03. The van der Waals surface area contributed by atoms with Crippen LogP contribution in [-0.4, -0.2) is 16.3 Å². The lowest BCUT2D eigenvalue weighted by Crippen LogP contribution is -2.22. The first-order chi connectivity index (χ1) is 5.82. The van der Waals surface area contributed by atoms with Gasteiger partial charge in [-0.3, -0.25) is 0 Å². The highest BCUT2D eigenvalue weighted by molar-refractivity contribution is 5.31. The van der Waals surface area contributed by atoms with Gasteiger partial charge in [0.25, 0.3) is 0 Å². The molecule has 0 atom stereocenters. The van der Waals surface area contributed by atoms with Crippen molar-refractivity contribution in [1.82, 2.24) is 9.78 Å². The smallest absolute Gasteiger partial charge is 0.0509 e. The summed E-state index contributed by atoms with van der Waals surface area (Å²) in [5, 5.41) is 4.13. The average molecular weight is 163 g/mol. The van der Waals surface area contributed by atoms with E-state index in [-0.39, 0.29) is 5.41 Å². The van der Waals surface area contributed by atoms with Crippen LogP contribution in [0.25, 0.3) is 6.20 Å². The predicted octanol–water partition coefficient (Wildman–Crippen LogP) is 0.974. The van der Waals surface area contributed by atoms with Crippen LogP contribution in [0.4, 0.5) is 0 Å². The first-order valence-corrected chi connectivity index (χ1v) is 4.19. The maximum atomic E-state index is 5.71. The van der Waals surface area contributed by atoms with Crippen LogP contribution < -0.4 is 5.73 Å². The number of aromatic nitrogens is 2. The van der Waals surface area contributed by atoms with Gasteiger partial charge in [0.2, 0.25) is 0 Å². The van der Waals surface area contributed by atoms with Crippen molar-refractivity contribution in [3.05, 3.63) is 24.5 Å². The van der Waals surface area contributed by atoms with Gasteiger partial charge in [0.05, 0.1) is 5.69 Å². The predicted molar refractivity (Wildman–Crippen MR) is 48.6 cm³/mol. The number of nitrogens with two attached hydrogens (primary N) is 1. The number of nitrogens with zero attached hydrogens (tertiary/aromatic N) is 2. The minimum atomic E-state index is 0.213. The molecule has 1 aliphatic carbocycles. The Morgan fingerprint density at radius 2 is 2.50 bits per heavy atom. The summed E-state index contributed by atoms with van der Waals surface area (Å²) in [6.07, 6.45) is 5.89. The SMILES string of the molecule is C=Cn1nccc1C1(CN)CC1. The molecule has 0 aliphatic heterocycles. The van der Waals surface area contributed by atoms with E-state index >= 15 is 0 Å². The van der Waals surface area contributed by atoms with Crippen LogP contribution in [0.5, 0.6) is 0 Å². The van der Waals surface area contributed by atoms with Gasteiger partial charge >= 0.3 is 0 Å². The summed E-state index contributed by atoms with van der Waals surface area (Å²) in [6, 6.07) is 2.03. The molecule has 1 fully saturated rings. The summed E-state index contributed by atoms with van der Waals surface area (Å²) < 4.78 is 1.82. The molecule has 2 rings (SSSR count). The van der Waals surface area contributed by atoms with Gasteiger partial charge in [-0.2, -0.15) is 5.10 Å². The number of hydrogen-bond donors (Lipinski definition) is 1. The Bertz CT molecular complexity index is 296. The Morgan fingerprint density at radius 1 is 1.75 bits per heavy atom. The molecule has 1 aromatic heterocycles. The van der Waals surface area contributed by atoms with Crippen molar-refractivity contribution < 1.29 is 0 Å². The van der Waals surface area contributed by atoms with Gasteiger partial charge in [-0.1, -0.05) is 6.58 Å². The Hall–Kier alpha value is -1.09.